The van der Waals surface area contributed by atoms with E-state index in [2.05, 4.69) is 4.98 Å². The number of carbonyl (C=O) groups is 2. The number of hydrogen-bond acceptors (Lipinski definition) is 7. The maximum absolute atomic E-state index is 13.2. The number of fused-ring (bicyclic) bond motifs is 6. The van der Waals surface area contributed by atoms with Gasteiger partial charge in [-0.3, -0.25) is 14.5 Å². The Morgan fingerprint density at radius 3 is 2.62 bits per heavy atom. The lowest BCUT2D eigenvalue weighted by molar-refractivity contribution is 0.0571. The average molecular weight is 464 g/mol. The van der Waals surface area contributed by atoms with Crippen molar-refractivity contribution >= 4 is 50.8 Å². The number of nitrogens with zero attached hydrogens (tertiary/aromatic N) is 5. The van der Waals surface area contributed by atoms with Crippen molar-refractivity contribution in [2.75, 3.05) is 12.0 Å². The largest absolute Gasteiger partial charge is 0.269 e. The molecule has 6 rings (SSSR count). The van der Waals surface area contributed by atoms with Gasteiger partial charge in [0.25, 0.3) is 11.8 Å². The molecule has 0 N–H and O–H groups in total. The zero-order valence-electron chi connectivity index (χ0n) is 17.6. The molecule has 0 radical (unpaired) electrons. The molecule has 1 aliphatic heterocycles. The molecule has 0 saturated carbocycles. The molecule has 0 saturated heterocycles. The first-order valence-corrected chi connectivity index (χ1v) is 13.0. The Bertz CT molecular complexity index is 1360. The minimum Gasteiger partial charge on any atom is -0.269 e. The van der Waals surface area contributed by atoms with Crippen LogP contribution in [0, 0.1) is 0 Å². The van der Waals surface area contributed by atoms with Crippen molar-refractivity contribution in [3.63, 3.8) is 0 Å². The van der Waals surface area contributed by atoms with Gasteiger partial charge in [0.1, 0.15) is 17.2 Å². The lowest BCUT2D eigenvalue weighted by Gasteiger charge is -2.23. The Morgan fingerprint density at radius 1 is 1.12 bits per heavy atom. The normalized spacial score (nSPS) is 16.7. The number of carbonyl (C=O) groups excluding carboxylic acids is 2. The Kier molecular flexibility index (Phi) is 4.76. The van der Waals surface area contributed by atoms with Gasteiger partial charge in [0.05, 0.1) is 16.5 Å². The van der Waals surface area contributed by atoms with Crippen LogP contribution in [0.2, 0.25) is 0 Å². The van der Waals surface area contributed by atoms with Crippen molar-refractivity contribution in [1.82, 2.24) is 24.5 Å². The molecule has 2 amide bonds. The summed E-state index contributed by atoms with van der Waals surface area (Å²) in [5.74, 6) is 0.742. The lowest BCUT2D eigenvalue weighted by Crippen LogP contribution is -2.35. The Hall–Kier alpha value is -2.78. The zero-order valence-corrected chi connectivity index (χ0v) is 19.2. The molecular formula is C23H21N5O2S2. The van der Waals surface area contributed by atoms with Crippen molar-refractivity contribution in [3.8, 4) is 0 Å². The molecule has 0 spiro atoms. The van der Waals surface area contributed by atoms with Gasteiger partial charge in [-0.1, -0.05) is 12.1 Å². The van der Waals surface area contributed by atoms with E-state index < -0.39 is 6.04 Å². The number of rotatable bonds is 5. The topological polar surface area (TPSA) is 80.5 Å². The highest BCUT2D eigenvalue weighted by molar-refractivity contribution is 7.98. The molecule has 4 heterocycles. The monoisotopic (exact) mass is 463 g/mol. The van der Waals surface area contributed by atoms with Crippen molar-refractivity contribution in [2.45, 2.75) is 38.1 Å². The minimum atomic E-state index is -0.515. The molecule has 0 bridgehead atoms. The molecule has 1 aromatic carbocycles. The maximum Gasteiger partial charge on any atom is 0.262 e. The Labute approximate surface area is 192 Å². The van der Waals surface area contributed by atoms with Crippen LogP contribution in [-0.2, 0) is 12.8 Å². The average Bonchev–Trinajstić information content (AvgIpc) is 3.48. The second-order valence-electron chi connectivity index (χ2n) is 8.20. The SMILES string of the molecule is CSCCC(c1nc2c3c4c(sc3ncn2n1)CCCC4)N1C(=O)c2ccccc2C1=O. The summed E-state index contributed by atoms with van der Waals surface area (Å²) in [6.45, 7) is 0. The second-order valence-corrected chi connectivity index (χ2v) is 10.3. The fraction of sp³-hybridized carbons (Fsp3) is 0.348. The summed E-state index contributed by atoms with van der Waals surface area (Å²) in [6.07, 6.45) is 8.83. The summed E-state index contributed by atoms with van der Waals surface area (Å²) < 4.78 is 1.71. The standard InChI is InChI=1S/C23H21N5O2S2/c1-31-11-10-16(28-22(29)13-6-2-3-7-14(13)23(28)30)19-25-20-18-15-8-4-5-9-17(15)32-21(18)24-12-27(20)26-19/h2-3,6-7,12,16H,4-5,8-11H2,1H3. The first-order valence-electron chi connectivity index (χ1n) is 10.8. The maximum atomic E-state index is 13.2. The van der Waals surface area contributed by atoms with Crippen molar-refractivity contribution < 1.29 is 9.59 Å². The zero-order chi connectivity index (χ0) is 21.8. The second kappa shape index (κ2) is 7.67. The summed E-state index contributed by atoms with van der Waals surface area (Å²) >= 11 is 3.43. The van der Waals surface area contributed by atoms with Gasteiger partial charge in [-0.05, 0) is 61.8 Å². The fourth-order valence-electron chi connectivity index (χ4n) is 4.81. The highest BCUT2D eigenvalue weighted by Gasteiger charge is 2.41. The number of aryl methyl sites for hydroxylation is 2. The van der Waals surface area contributed by atoms with Crippen LogP contribution in [0.3, 0.4) is 0 Å². The van der Waals surface area contributed by atoms with Gasteiger partial charge < -0.3 is 0 Å². The predicted octanol–water partition coefficient (Wildman–Crippen LogP) is 4.31. The predicted molar refractivity (Wildman–Crippen MR) is 125 cm³/mol. The fourth-order valence-corrected chi connectivity index (χ4v) is 6.49. The third-order valence-corrected chi connectivity index (χ3v) is 8.18. The van der Waals surface area contributed by atoms with Gasteiger partial charge in [-0.2, -0.15) is 11.8 Å². The van der Waals surface area contributed by atoms with Crippen LogP contribution in [0.15, 0.2) is 30.6 Å². The van der Waals surface area contributed by atoms with Crippen molar-refractivity contribution in [3.05, 3.63) is 58.0 Å². The molecule has 2 aliphatic rings. The van der Waals surface area contributed by atoms with E-state index in [1.165, 1.54) is 28.2 Å². The van der Waals surface area contributed by atoms with E-state index in [4.69, 9.17) is 10.1 Å². The molecular weight excluding hydrogens is 442 g/mol. The minimum absolute atomic E-state index is 0.272. The van der Waals surface area contributed by atoms with E-state index in [1.807, 2.05) is 6.26 Å². The van der Waals surface area contributed by atoms with Gasteiger partial charge in [-0.15, -0.1) is 16.4 Å². The van der Waals surface area contributed by atoms with Gasteiger partial charge in [-0.25, -0.2) is 14.5 Å². The molecule has 1 unspecified atom stereocenters. The van der Waals surface area contributed by atoms with Crippen LogP contribution in [0.25, 0.3) is 15.9 Å². The molecule has 9 heteroatoms. The summed E-state index contributed by atoms with van der Waals surface area (Å²) in [7, 11) is 0. The highest BCUT2D eigenvalue weighted by atomic mass is 32.2. The molecule has 32 heavy (non-hydrogen) atoms. The quantitative estimate of drug-likeness (QED) is 0.410. The molecule has 0 fully saturated rings. The number of aromatic nitrogens is 4. The van der Waals surface area contributed by atoms with Gasteiger partial charge in [0.15, 0.2) is 11.5 Å². The van der Waals surface area contributed by atoms with E-state index in [9.17, 15) is 9.59 Å². The Balaban J connectivity index is 1.49. The number of hydrogen-bond donors (Lipinski definition) is 0. The number of amides is 2. The Morgan fingerprint density at radius 2 is 1.88 bits per heavy atom. The molecule has 3 aromatic heterocycles. The van der Waals surface area contributed by atoms with Gasteiger partial charge in [0.2, 0.25) is 0 Å². The van der Waals surface area contributed by atoms with Crippen LogP contribution in [0.5, 0.6) is 0 Å². The smallest absolute Gasteiger partial charge is 0.262 e. The van der Waals surface area contributed by atoms with Crippen LogP contribution >= 0.6 is 23.1 Å². The van der Waals surface area contributed by atoms with E-state index in [1.54, 1.807) is 58.2 Å². The van der Waals surface area contributed by atoms with Crippen LogP contribution in [0.4, 0.5) is 0 Å². The summed E-state index contributed by atoms with van der Waals surface area (Å²) in [5, 5.41) is 5.79. The summed E-state index contributed by atoms with van der Waals surface area (Å²) in [6, 6.07) is 6.48. The van der Waals surface area contributed by atoms with Gasteiger partial charge in [0, 0.05) is 4.88 Å². The summed E-state index contributed by atoms with van der Waals surface area (Å²) in [5.41, 5.74) is 3.02. The molecule has 7 nitrogen and oxygen atoms in total. The number of imide groups is 1. The van der Waals surface area contributed by atoms with Crippen LogP contribution < -0.4 is 0 Å². The summed E-state index contributed by atoms with van der Waals surface area (Å²) in [4.78, 5) is 39.7. The lowest BCUT2D eigenvalue weighted by atomic mass is 9.97. The number of thiophene rings is 1. The van der Waals surface area contributed by atoms with E-state index in [0.717, 1.165) is 34.5 Å². The first-order chi connectivity index (χ1) is 15.7. The van der Waals surface area contributed by atoms with Crippen LogP contribution in [-0.4, -0.2) is 48.3 Å². The molecule has 4 aromatic rings. The third-order valence-electron chi connectivity index (χ3n) is 6.34. The number of thioether (sulfide) groups is 1. The van der Waals surface area contributed by atoms with E-state index in [-0.39, 0.29) is 11.8 Å². The molecule has 1 aliphatic carbocycles. The van der Waals surface area contributed by atoms with E-state index in [0.29, 0.717) is 23.4 Å². The van der Waals surface area contributed by atoms with Gasteiger partial charge >= 0.3 is 0 Å². The molecule has 1 atom stereocenters. The highest BCUT2D eigenvalue weighted by Crippen LogP contribution is 2.38. The van der Waals surface area contributed by atoms with E-state index >= 15 is 0 Å². The van der Waals surface area contributed by atoms with Crippen LogP contribution in [0.1, 0.15) is 62.3 Å². The van der Waals surface area contributed by atoms with Crippen molar-refractivity contribution in [1.29, 1.82) is 0 Å². The van der Waals surface area contributed by atoms with Crippen molar-refractivity contribution in [2.24, 2.45) is 0 Å². The molecule has 162 valence electrons. The first kappa shape index (κ1) is 19.9. The number of benzene rings is 1. The third kappa shape index (κ3) is 2.91.